The van der Waals surface area contributed by atoms with Gasteiger partial charge in [-0.05, 0) is 36.2 Å². The molecule has 2 aromatic carbocycles. The smallest absolute Gasteiger partial charge is 0.253 e. The fraction of sp³-hybridized carbons (Fsp3) is 0.414. The lowest BCUT2D eigenvalue weighted by Crippen LogP contribution is -2.27. The second kappa shape index (κ2) is 11.9. The van der Waals surface area contributed by atoms with E-state index in [9.17, 15) is 4.79 Å². The molecule has 0 radical (unpaired) electrons. The van der Waals surface area contributed by atoms with E-state index in [0.29, 0.717) is 24.6 Å². The molecule has 0 saturated carbocycles. The monoisotopic (exact) mass is 617 g/mol. The fourth-order valence-corrected chi connectivity index (χ4v) is 5.08. The summed E-state index contributed by atoms with van der Waals surface area (Å²) in [5.74, 6) is 1.36. The number of amides is 1. The molecule has 0 fully saturated rings. The van der Waals surface area contributed by atoms with Crippen LogP contribution in [0.15, 0.2) is 57.7 Å². The van der Waals surface area contributed by atoms with Crippen LogP contribution in [-0.4, -0.2) is 28.7 Å². The van der Waals surface area contributed by atoms with Gasteiger partial charge in [0.2, 0.25) is 0 Å². The number of aromatic nitrogens is 2. The topological polar surface area (TPSA) is 48.2 Å². The summed E-state index contributed by atoms with van der Waals surface area (Å²) in [7, 11) is 1.66. The maximum Gasteiger partial charge on any atom is 0.253 e. The van der Waals surface area contributed by atoms with Crippen LogP contribution in [0.5, 0.6) is 5.75 Å². The quantitative estimate of drug-likeness (QED) is 0.216. The normalized spacial score (nSPS) is 11.6. The third-order valence-electron chi connectivity index (χ3n) is 5.90. The van der Waals surface area contributed by atoms with E-state index in [2.05, 4.69) is 104 Å². The van der Waals surface area contributed by atoms with E-state index in [0.717, 1.165) is 37.5 Å². The molecule has 0 saturated heterocycles. The van der Waals surface area contributed by atoms with Gasteiger partial charge in [0.25, 0.3) is 5.91 Å². The van der Waals surface area contributed by atoms with Gasteiger partial charge in [0.1, 0.15) is 5.75 Å². The number of carbonyl (C=O) groups excluding carboxylic acids is 1. The standard InChI is InChI=1S/C27H31Br2N3O2.C2H6/c1-17(2)12-31-14-25(21-9-7-19(29)11-24(21)31)34-16-27(3,4)15-32-13-22(26(33)30-5)20-8-6-18(28)10-23(20)32;1-2/h6-11,13-14,17H,12,15-16H2,1-5H3,(H,30,33);1-2H3. The van der Waals surface area contributed by atoms with Gasteiger partial charge in [-0.1, -0.05) is 79.5 Å². The van der Waals surface area contributed by atoms with Crippen molar-refractivity contribution in [2.45, 2.75) is 54.6 Å². The minimum atomic E-state index is -0.171. The zero-order chi connectivity index (χ0) is 26.6. The second-order valence-corrected chi connectivity index (χ2v) is 11.9. The minimum absolute atomic E-state index is 0.0794. The number of fused-ring (bicyclic) bond motifs is 2. The van der Waals surface area contributed by atoms with Crippen LogP contribution in [0.3, 0.4) is 0 Å². The van der Waals surface area contributed by atoms with E-state index in [1.54, 1.807) is 7.05 Å². The molecule has 1 amide bonds. The Kier molecular flexibility index (Phi) is 9.33. The number of nitrogens with zero attached hydrogens (tertiary/aromatic N) is 2. The van der Waals surface area contributed by atoms with Crippen molar-refractivity contribution in [3.8, 4) is 5.75 Å². The summed E-state index contributed by atoms with van der Waals surface area (Å²) in [5.41, 5.74) is 2.71. The average Bonchev–Trinajstić information content (AvgIpc) is 3.35. The first-order valence-electron chi connectivity index (χ1n) is 12.5. The van der Waals surface area contributed by atoms with Crippen molar-refractivity contribution in [2.75, 3.05) is 13.7 Å². The molecule has 4 rings (SSSR count). The molecule has 2 aromatic heterocycles. The number of nitrogens with one attached hydrogen (secondary N) is 1. The van der Waals surface area contributed by atoms with Gasteiger partial charge in [0.15, 0.2) is 0 Å². The number of ether oxygens (including phenoxy) is 1. The van der Waals surface area contributed by atoms with E-state index in [4.69, 9.17) is 4.74 Å². The molecule has 194 valence electrons. The van der Waals surface area contributed by atoms with Gasteiger partial charge >= 0.3 is 0 Å². The number of halogens is 2. The number of hydrogen-bond acceptors (Lipinski definition) is 2. The molecule has 0 aliphatic carbocycles. The van der Waals surface area contributed by atoms with E-state index in [1.807, 2.05) is 32.2 Å². The Morgan fingerprint density at radius 2 is 1.56 bits per heavy atom. The van der Waals surface area contributed by atoms with Crippen molar-refractivity contribution >= 4 is 59.6 Å². The number of rotatable bonds is 8. The van der Waals surface area contributed by atoms with Gasteiger partial charge in [-0.15, -0.1) is 0 Å². The summed E-state index contributed by atoms with van der Waals surface area (Å²) in [6.07, 6.45) is 4.07. The molecule has 1 N–H and O–H groups in total. The van der Waals surface area contributed by atoms with Crippen LogP contribution in [0.1, 0.15) is 51.9 Å². The molecule has 36 heavy (non-hydrogen) atoms. The van der Waals surface area contributed by atoms with Gasteiger partial charge in [0.05, 0.1) is 17.7 Å². The van der Waals surface area contributed by atoms with Crippen LogP contribution in [0, 0.1) is 11.3 Å². The Bertz CT molecular complexity index is 1350. The first kappa shape index (κ1) is 28.3. The first-order valence-corrected chi connectivity index (χ1v) is 14.1. The molecule has 7 heteroatoms. The largest absolute Gasteiger partial charge is 0.491 e. The Morgan fingerprint density at radius 3 is 2.14 bits per heavy atom. The number of hydrogen-bond donors (Lipinski definition) is 1. The highest BCUT2D eigenvalue weighted by Crippen LogP contribution is 2.33. The van der Waals surface area contributed by atoms with E-state index >= 15 is 0 Å². The molecule has 0 aliphatic heterocycles. The first-order chi connectivity index (χ1) is 17.1. The lowest BCUT2D eigenvalue weighted by molar-refractivity contribution is 0.0964. The molecule has 0 aliphatic rings. The van der Waals surface area contributed by atoms with Crippen LogP contribution < -0.4 is 10.1 Å². The van der Waals surface area contributed by atoms with Crippen molar-refractivity contribution in [2.24, 2.45) is 11.3 Å². The summed E-state index contributed by atoms with van der Waals surface area (Å²) in [6, 6.07) is 12.4. The SMILES string of the molecule is CC.CNC(=O)c1cn(CC(C)(C)COc2cn(CC(C)C)c3cc(Br)ccc23)c2cc(Br)ccc12. The maximum absolute atomic E-state index is 12.5. The summed E-state index contributed by atoms with van der Waals surface area (Å²) in [5, 5.41) is 4.82. The van der Waals surface area contributed by atoms with Gasteiger partial charge in [-0.3, -0.25) is 4.79 Å². The predicted molar refractivity (Wildman–Crippen MR) is 158 cm³/mol. The van der Waals surface area contributed by atoms with Crippen LogP contribution >= 0.6 is 31.9 Å². The lowest BCUT2D eigenvalue weighted by atomic mass is 9.94. The summed E-state index contributed by atoms with van der Waals surface area (Å²) < 4.78 is 12.9. The Morgan fingerprint density at radius 1 is 0.972 bits per heavy atom. The second-order valence-electron chi connectivity index (χ2n) is 10.1. The maximum atomic E-state index is 12.5. The highest BCUT2D eigenvalue weighted by Gasteiger charge is 2.24. The molecular formula is C29H37Br2N3O2. The average molecular weight is 619 g/mol. The Balaban J connectivity index is 0.00000176. The highest BCUT2D eigenvalue weighted by atomic mass is 79.9. The predicted octanol–water partition coefficient (Wildman–Crippen LogP) is 8.27. The summed E-state index contributed by atoms with van der Waals surface area (Å²) >= 11 is 7.18. The number of carbonyl (C=O) groups is 1. The van der Waals surface area contributed by atoms with Gasteiger partial charge in [0, 0.05) is 63.2 Å². The molecule has 5 nitrogen and oxygen atoms in total. The molecule has 0 unspecified atom stereocenters. The molecule has 0 spiro atoms. The van der Waals surface area contributed by atoms with Crippen LogP contribution in [-0.2, 0) is 13.1 Å². The Hall–Kier alpha value is -2.25. The Labute approximate surface area is 231 Å². The third-order valence-corrected chi connectivity index (χ3v) is 6.89. The zero-order valence-electron chi connectivity index (χ0n) is 22.3. The summed E-state index contributed by atoms with van der Waals surface area (Å²) in [6.45, 7) is 15.0. The van der Waals surface area contributed by atoms with Crippen LogP contribution in [0.2, 0.25) is 0 Å². The number of benzene rings is 2. The molecule has 0 atom stereocenters. The molecule has 2 heterocycles. The van der Waals surface area contributed by atoms with Gasteiger partial charge in [-0.25, -0.2) is 0 Å². The fourth-order valence-electron chi connectivity index (χ4n) is 4.38. The molecule has 4 aromatic rings. The lowest BCUT2D eigenvalue weighted by Gasteiger charge is -2.26. The van der Waals surface area contributed by atoms with E-state index in [1.165, 1.54) is 5.52 Å². The van der Waals surface area contributed by atoms with Crippen LogP contribution in [0.4, 0.5) is 0 Å². The minimum Gasteiger partial charge on any atom is -0.491 e. The van der Waals surface area contributed by atoms with Crippen molar-refractivity contribution in [3.05, 3.63) is 63.3 Å². The van der Waals surface area contributed by atoms with Gasteiger partial charge in [-0.2, -0.15) is 0 Å². The van der Waals surface area contributed by atoms with Crippen molar-refractivity contribution in [1.82, 2.24) is 14.5 Å². The van der Waals surface area contributed by atoms with E-state index < -0.39 is 0 Å². The van der Waals surface area contributed by atoms with Crippen molar-refractivity contribution < 1.29 is 9.53 Å². The third kappa shape index (κ3) is 6.35. The highest BCUT2D eigenvalue weighted by molar-refractivity contribution is 9.10. The zero-order valence-corrected chi connectivity index (χ0v) is 25.5. The van der Waals surface area contributed by atoms with Crippen molar-refractivity contribution in [3.63, 3.8) is 0 Å². The summed E-state index contributed by atoms with van der Waals surface area (Å²) in [4.78, 5) is 12.5. The van der Waals surface area contributed by atoms with Crippen LogP contribution in [0.25, 0.3) is 21.8 Å². The van der Waals surface area contributed by atoms with E-state index in [-0.39, 0.29) is 11.3 Å². The van der Waals surface area contributed by atoms with Crippen molar-refractivity contribution in [1.29, 1.82) is 0 Å². The molecule has 0 bridgehead atoms. The van der Waals surface area contributed by atoms with Gasteiger partial charge < -0.3 is 19.2 Å². The molecular weight excluding hydrogens is 582 g/mol.